The van der Waals surface area contributed by atoms with E-state index < -0.39 is 0 Å². The summed E-state index contributed by atoms with van der Waals surface area (Å²) in [5, 5.41) is 6.77. The first-order valence-corrected chi connectivity index (χ1v) is 10.8. The molecular weight excluding hydrogens is 498 g/mol. The molecule has 0 spiro atoms. The van der Waals surface area contributed by atoms with Crippen LogP contribution in [0.1, 0.15) is 44.9 Å². The molecule has 1 aromatic carbocycles. The van der Waals surface area contributed by atoms with E-state index in [-0.39, 0.29) is 41.8 Å². The van der Waals surface area contributed by atoms with Crippen LogP contribution in [0.3, 0.4) is 0 Å². The highest BCUT2D eigenvalue weighted by Gasteiger charge is 2.32. The van der Waals surface area contributed by atoms with E-state index in [2.05, 4.69) is 15.6 Å². The molecular formula is C22H34FIN4O2. The molecule has 1 aromatic rings. The second-order valence-corrected chi connectivity index (χ2v) is 7.90. The van der Waals surface area contributed by atoms with Crippen LogP contribution in [0.5, 0.6) is 5.75 Å². The fourth-order valence-electron chi connectivity index (χ4n) is 4.05. The molecule has 30 heavy (non-hydrogen) atoms. The minimum Gasteiger partial charge on any atom is -0.494 e. The van der Waals surface area contributed by atoms with Gasteiger partial charge in [0.25, 0.3) is 0 Å². The molecule has 3 rings (SSSR count). The second kappa shape index (κ2) is 13.0. The number of halogens is 2. The fraction of sp³-hybridized carbons (Fsp3) is 0.636. The zero-order chi connectivity index (χ0) is 20.5. The summed E-state index contributed by atoms with van der Waals surface area (Å²) < 4.78 is 18.5. The van der Waals surface area contributed by atoms with Gasteiger partial charge in [0.1, 0.15) is 11.6 Å². The standard InChI is InChI=1S/C22H33FN4O2.HI/c1-24-22(25-13-4-5-15-29-20-10-8-18(23)9-11-20)26-19-12-14-27(16-19)21(28)17-6-2-3-7-17;/h8-11,17,19H,2-7,12-16H2,1H3,(H2,24,25,26);1H. The van der Waals surface area contributed by atoms with Crippen LogP contribution in [0.4, 0.5) is 4.39 Å². The molecule has 1 unspecified atom stereocenters. The van der Waals surface area contributed by atoms with Gasteiger partial charge < -0.3 is 20.3 Å². The maximum Gasteiger partial charge on any atom is 0.225 e. The molecule has 8 heteroatoms. The summed E-state index contributed by atoms with van der Waals surface area (Å²) in [6.45, 7) is 3.00. The molecule has 0 aromatic heterocycles. The van der Waals surface area contributed by atoms with Gasteiger partial charge in [-0.3, -0.25) is 9.79 Å². The van der Waals surface area contributed by atoms with Gasteiger partial charge in [0.2, 0.25) is 5.91 Å². The minimum absolute atomic E-state index is 0. The summed E-state index contributed by atoms with van der Waals surface area (Å²) in [5.41, 5.74) is 0. The molecule has 1 saturated heterocycles. The van der Waals surface area contributed by atoms with Crippen LogP contribution < -0.4 is 15.4 Å². The van der Waals surface area contributed by atoms with E-state index in [9.17, 15) is 9.18 Å². The summed E-state index contributed by atoms with van der Waals surface area (Å²) in [5.74, 6) is 1.81. The molecule has 2 aliphatic rings. The lowest BCUT2D eigenvalue weighted by Gasteiger charge is -2.21. The Labute approximate surface area is 196 Å². The third kappa shape index (κ3) is 7.59. The van der Waals surface area contributed by atoms with Crippen molar-refractivity contribution in [1.82, 2.24) is 15.5 Å². The smallest absolute Gasteiger partial charge is 0.225 e. The SMILES string of the molecule is CN=C(NCCCCOc1ccc(F)cc1)NC1CCN(C(=O)C2CCCC2)C1.I. The van der Waals surface area contributed by atoms with Crippen molar-refractivity contribution in [3.05, 3.63) is 30.1 Å². The quantitative estimate of drug-likeness (QED) is 0.233. The number of aliphatic imine (C=N–C) groups is 1. The summed E-state index contributed by atoms with van der Waals surface area (Å²) in [6.07, 6.45) is 7.30. The van der Waals surface area contributed by atoms with Crippen LogP contribution >= 0.6 is 24.0 Å². The summed E-state index contributed by atoms with van der Waals surface area (Å²) in [6, 6.07) is 6.34. The predicted octanol–water partition coefficient (Wildman–Crippen LogP) is 3.56. The molecule has 1 atom stereocenters. The minimum atomic E-state index is -0.256. The van der Waals surface area contributed by atoms with Crippen molar-refractivity contribution in [3.8, 4) is 5.75 Å². The predicted molar refractivity (Wildman–Crippen MR) is 128 cm³/mol. The number of nitrogens with zero attached hydrogens (tertiary/aromatic N) is 2. The van der Waals surface area contributed by atoms with E-state index in [1.165, 1.54) is 25.0 Å². The van der Waals surface area contributed by atoms with Crippen LogP contribution in [0, 0.1) is 11.7 Å². The van der Waals surface area contributed by atoms with Crippen molar-refractivity contribution in [3.63, 3.8) is 0 Å². The first-order valence-electron chi connectivity index (χ1n) is 10.8. The number of benzene rings is 1. The molecule has 0 radical (unpaired) electrons. The lowest BCUT2D eigenvalue weighted by molar-refractivity contribution is -0.134. The molecule has 6 nitrogen and oxygen atoms in total. The molecule has 168 valence electrons. The third-order valence-corrected chi connectivity index (χ3v) is 5.71. The zero-order valence-corrected chi connectivity index (χ0v) is 20.1. The number of hydrogen-bond donors (Lipinski definition) is 2. The third-order valence-electron chi connectivity index (χ3n) is 5.71. The lowest BCUT2D eigenvalue weighted by atomic mass is 10.1. The van der Waals surface area contributed by atoms with Gasteiger partial charge >= 0.3 is 0 Å². The molecule has 1 saturated carbocycles. The Hall–Kier alpha value is -1.58. The first kappa shape index (κ1) is 24.7. The van der Waals surface area contributed by atoms with Crippen LogP contribution in [-0.4, -0.2) is 56.1 Å². The van der Waals surface area contributed by atoms with Gasteiger partial charge in [0.15, 0.2) is 5.96 Å². The largest absolute Gasteiger partial charge is 0.494 e. The highest BCUT2D eigenvalue weighted by molar-refractivity contribution is 14.0. The number of rotatable bonds is 8. The van der Waals surface area contributed by atoms with Gasteiger partial charge in [-0.1, -0.05) is 12.8 Å². The van der Waals surface area contributed by atoms with Crippen LogP contribution in [0.15, 0.2) is 29.3 Å². The number of likely N-dealkylation sites (tertiary alicyclic amines) is 1. The topological polar surface area (TPSA) is 66.0 Å². The van der Waals surface area contributed by atoms with Crippen molar-refractivity contribution in [2.24, 2.45) is 10.9 Å². The van der Waals surface area contributed by atoms with Gasteiger partial charge in [-0.05, 0) is 56.4 Å². The average Bonchev–Trinajstić information content (AvgIpc) is 3.43. The summed E-state index contributed by atoms with van der Waals surface area (Å²) in [4.78, 5) is 18.9. The normalized spacial score (nSPS) is 19.5. The van der Waals surface area contributed by atoms with Crippen LogP contribution in [0.2, 0.25) is 0 Å². The highest BCUT2D eigenvalue weighted by atomic mass is 127. The Balaban J connectivity index is 0.00000320. The van der Waals surface area contributed by atoms with Crippen molar-refractivity contribution in [2.45, 2.75) is 51.0 Å². The van der Waals surface area contributed by atoms with E-state index in [0.29, 0.717) is 18.3 Å². The number of carbonyl (C=O) groups excluding carboxylic acids is 1. The van der Waals surface area contributed by atoms with Gasteiger partial charge in [-0.2, -0.15) is 0 Å². The number of carbonyl (C=O) groups is 1. The zero-order valence-electron chi connectivity index (χ0n) is 17.7. The van der Waals surface area contributed by atoms with Gasteiger partial charge in [0.05, 0.1) is 6.61 Å². The number of unbranched alkanes of at least 4 members (excludes halogenated alkanes) is 1. The number of hydrogen-bond acceptors (Lipinski definition) is 3. The fourth-order valence-corrected chi connectivity index (χ4v) is 4.05. The Bertz CT molecular complexity index is 680. The molecule has 1 heterocycles. The summed E-state index contributed by atoms with van der Waals surface area (Å²) >= 11 is 0. The molecule has 1 amide bonds. The molecule has 1 aliphatic carbocycles. The van der Waals surface area contributed by atoms with Crippen LogP contribution in [-0.2, 0) is 4.79 Å². The first-order chi connectivity index (χ1) is 14.2. The van der Waals surface area contributed by atoms with Gasteiger partial charge in [0, 0.05) is 38.6 Å². The van der Waals surface area contributed by atoms with E-state index in [1.807, 2.05) is 4.90 Å². The Kier molecular flexibility index (Phi) is 10.7. The second-order valence-electron chi connectivity index (χ2n) is 7.90. The lowest BCUT2D eigenvalue weighted by Crippen LogP contribution is -2.45. The Morgan fingerprint density at radius 2 is 1.93 bits per heavy atom. The molecule has 2 fully saturated rings. The summed E-state index contributed by atoms with van der Waals surface area (Å²) in [7, 11) is 1.77. The molecule has 1 aliphatic heterocycles. The Morgan fingerprint density at radius 3 is 2.63 bits per heavy atom. The van der Waals surface area contributed by atoms with E-state index in [1.54, 1.807) is 19.2 Å². The van der Waals surface area contributed by atoms with E-state index in [4.69, 9.17) is 4.74 Å². The van der Waals surface area contributed by atoms with Crippen LogP contribution in [0.25, 0.3) is 0 Å². The molecule has 0 bridgehead atoms. The number of nitrogens with one attached hydrogen (secondary N) is 2. The number of guanidine groups is 1. The number of amides is 1. The van der Waals surface area contributed by atoms with Crippen molar-refractivity contribution >= 4 is 35.8 Å². The monoisotopic (exact) mass is 532 g/mol. The number of ether oxygens (including phenoxy) is 1. The van der Waals surface area contributed by atoms with Crippen molar-refractivity contribution < 1.29 is 13.9 Å². The van der Waals surface area contributed by atoms with Crippen molar-refractivity contribution in [1.29, 1.82) is 0 Å². The Morgan fingerprint density at radius 1 is 1.20 bits per heavy atom. The van der Waals surface area contributed by atoms with Crippen molar-refractivity contribution in [2.75, 3.05) is 33.3 Å². The highest BCUT2D eigenvalue weighted by Crippen LogP contribution is 2.27. The van der Waals surface area contributed by atoms with E-state index in [0.717, 1.165) is 57.7 Å². The molecule has 2 N–H and O–H groups in total. The van der Waals surface area contributed by atoms with E-state index >= 15 is 0 Å². The average molecular weight is 532 g/mol. The van der Waals surface area contributed by atoms with Gasteiger partial charge in [-0.15, -0.1) is 24.0 Å². The maximum absolute atomic E-state index is 12.9. The van der Waals surface area contributed by atoms with Gasteiger partial charge in [-0.25, -0.2) is 4.39 Å². The maximum atomic E-state index is 12.9.